The van der Waals surface area contributed by atoms with Crippen molar-refractivity contribution in [1.82, 2.24) is 0 Å². The Bertz CT molecular complexity index is 378. The number of hydrogen-bond donors (Lipinski definition) is 0. The zero-order valence-corrected chi connectivity index (χ0v) is 8.76. The van der Waals surface area contributed by atoms with Crippen LogP contribution in [0.1, 0.15) is 46.5 Å². The Balaban J connectivity index is 0.000000461. The average molecular weight is 190 g/mol. The summed E-state index contributed by atoms with van der Waals surface area (Å²) in [6.07, 6.45) is 0.0544. The quantitative estimate of drug-likeness (QED) is 0.589. The van der Waals surface area contributed by atoms with Gasteiger partial charge in [0.2, 0.25) is 0 Å². The zero-order valence-electron chi connectivity index (χ0n) is 8.76. The van der Waals surface area contributed by atoms with Crippen LogP contribution in [0, 0.1) is 6.92 Å². The fourth-order valence-corrected chi connectivity index (χ4v) is 1.47. The molecule has 0 radical (unpaired) electrons. The second-order valence-electron chi connectivity index (χ2n) is 3.07. The first-order valence-corrected chi connectivity index (χ1v) is 4.85. The molecule has 0 unspecified atom stereocenters. The number of Topliss-reactive ketones (excluding diaryl/α,β-unsaturated/α-hetero) is 2. The van der Waals surface area contributed by atoms with Crippen molar-refractivity contribution in [2.24, 2.45) is 0 Å². The van der Waals surface area contributed by atoms with Crippen molar-refractivity contribution >= 4 is 11.6 Å². The number of fused-ring (bicyclic) bond motifs is 1. The number of carbonyl (C=O) groups is 2. The van der Waals surface area contributed by atoms with E-state index < -0.39 is 0 Å². The molecule has 1 aliphatic carbocycles. The third-order valence-electron chi connectivity index (χ3n) is 2.10. The highest BCUT2D eigenvalue weighted by atomic mass is 16.2. The van der Waals surface area contributed by atoms with Crippen molar-refractivity contribution in [3.05, 3.63) is 34.9 Å². The van der Waals surface area contributed by atoms with Crippen molar-refractivity contribution in [3.63, 3.8) is 0 Å². The van der Waals surface area contributed by atoms with Crippen LogP contribution in [0.3, 0.4) is 0 Å². The number of aryl methyl sites for hydroxylation is 1. The maximum absolute atomic E-state index is 11.2. The summed E-state index contributed by atoms with van der Waals surface area (Å²) in [6, 6.07) is 5.37. The number of rotatable bonds is 0. The van der Waals surface area contributed by atoms with E-state index in [0.717, 1.165) is 5.56 Å². The van der Waals surface area contributed by atoms with Crippen molar-refractivity contribution in [3.8, 4) is 0 Å². The van der Waals surface area contributed by atoms with Crippen LogP contribution in [0.5, 0.6) is 0 Å². The average Bonchev–Trinajstić information content (AvgIpc) is 2.46. The van der Waals surface area contributed by atoms with Crippen molar-refractivity contribution < 1.29 is 9.59 Å². The largest absolute Gasteiger partial charge is 0.294 e. The van der Waals surface area contributed by atoms with Crippen LogP contribution in [0.4, 0.5) is 0 Å². The standard InChI is InChI=1S/C10H8O2.C2H6/c1-6-2-3-7-8(4-6)10(12)5-9(7)11;1-2/h2-4H,5H2,1H3;1-2H3. The Hall–Kier alpha value is -1.44. The molecule has 74 valence electrons. The molecule has 2 heteroatoms. The Kier molecular flexibility index (Phi) is 3.18. The molecule has 0 heterocycles. The van der Waals surface area contributed by atoms with Gasteiger partial charge in [-0.1, -0.05) is 31.5 Å². The summed E-state index contributed by atoms with van der Waals surface area (Å²) in [7, 11) is 0. The topological polar surface area (TPSA) is 34.1 Å². The SMILES string of the molecule is CC.Cc1ccc2c(c1)C(=O)CC2=O. The van der Waals surface area contributed by atoms with E-state index in [0.29, 0.717) is 11.1 Å². The Morgan fingerprint density at radius 2 is 1.57 bits per heavy atom. The summed E-state index contributed by atoms with van der Waals surface area (Å²) in [6.45, 7) is 5.91. The molecule has 0 N–H and O–H groups in total. The normalized spacial score (nSPS) is 13.4. The van der Waals surface area contributed by atoms with Crippen LogP contribution >= 0.6 is 0 Å². The number of ketones is 2. The highest BCUT2D eigenvalue weighted by molar-refractivity contribution is 6.24. The van der Waals surface area contributed by atoms with E-state index in [1.807, 2.05) is 26.8 Å². The van der Waals surface area contributed by atoms with E-state index in [2.05, 4.69) is 0 Å². The number of hydrogen-bond acceptors (Lipinski definition) is 2. The van der Waals surface area contributed by atoms with Gasteiger partial charge < -0.3 is 0 Å². The third kappa shape index (κ3) is 1.74. The molecule has 0 aliphatic heterocycles. The van der Waals surface area contributed by atoms with Gasteiger partial charge >= 0.3 is 0 Å². The molecule has 14 heavy (non-hydrogen) atoms. The third-order valence-corrected chi connectivity index (χ3v) is 2.10. The molecule has 1 aromatic rings. The lowest BCUT2D eigenvalue weighted by molar-refractivity contribution is 0.0923. The van der Waals surface area contributed by atoms with Gasteiger partial charge in [-0.05, 0) is 13.0 Å². The molecule has 0 atom stereocenters. The summed E-state index contributed by atoms with van der Waals surface area (Å²) in [4.78, 5) is 22.4. The molecule has 0 amide bonds. The summed E-state index contributed by atoms with van der Waals surface area (Å²) in [5.74, 6) is -0.0892. The molecule has 0 bridgehead atoms. The van der Waals surface area contributed by atoms with Crippen LogP contribution in [0.15, 0.2) is 18.2 Å². The molecule has 0 saturated heterocycles. The number of benzene rings is 1. The summed E-state index contributed by atoms with van der Waals surface area (Å²) < 4.78 is 0. The summed E-state index contributed by atoms with van der Waals surface area (Å²) in [5, 5.41) is 0. The molecule has 0 aromatic heterocycles. The van der Waals surface area contributed by atoms with Crippen LogP contribution in [-0.2, 0) is 0 Å². The van der Waals surface area contributed by atoms with Crippen molar-refractivity contribution in [1.29, 1.82) is 0 Å². The summed E-state index contributed by atoms with van der Waals surface area (Å²) >= 11 is 0. The highest BCUT2D eigenvalue weighted by Crippen LogP contribution is 2.22. The van der Waals surface area contributed by atoms with Crippen LogP contribution < -0.4 is 0 Å². The lowest BCUT2D eigenvalue weighted by Crippen LogP contribution is -1.91. The van der Waals surface area contributed by atoms with Gasteiger partial charge in [0, 0.05) is 11.1 Å². The predicted molar refractivity (Wildman–Crippen MR) is 55.8 cm³/mol. The first-order valence-electron chi connectivity index (χ1n) is 4.85. The maximum Gasteiger partial charge on any atom is 0.171 e. The minimum atomic E-state index is -0.0463. The molecule has 0 saturated carbocycles. The van der Waals surface area contributed by atoms with Gasteiger partial charge in [-0.3, -0.25) is 9.59 Å². The lowest BCUT2D eigenvalue weighted by atomic mass is 10.1. The molecule has 0 spiro atoms. The Labute approximate surface area is 83.9 Å². The van der Waals surface area contributed by atoms with Gasteiger partial charge in [0.05, 0.1) is 6.42 Å². The van der Waals surface area contributed by atoms with Gasteiger partial charge in [0.25, 0.3) is 0 Å². The van der Waals surface area contributed by atoms with E-state index in [4.69, 9.17) is 0 Å². The van der Waals surface area contributed by atoms with Gasteiger partial charge in [-0.15, -0.1) is 0 Å². The van der Waals surface area contributed by atoms with Gasteiger partial charge in [0.1, 0.15) is 0 Å². The second kappa shape index (κ2) is 4.18. The zero-order chi connectivity index (χ0) is 10.7. The summed E-state index contributed by atoms with van der Waals surface area (Å²) in [5.41, 5.74) is 2.21. The number of carbonyl (C=O) groups excluding carboxylic acids is 2. The van der Waals surface area contributed by atoms with E-state index in [9.17, 15) is 9.59 Å². The first kappa shape index (κ1) is 10.6. The maximum atomic E-state index is 11.2. The van der Waals surface area contributed by atoms with Crippen LogP contribution in [-0.4, -0.2) is 11.6 Å². The fraction of sp³-hybridized carbons (Fsp3) is 0.333. The van der Waals surface area contributed by atoms with Gasteiger partial charge in [-0.2, -0.15) is 0 Å². The molecule has 2 rings (SSSR count). The van der Waals surface area contributed by atoms with E-state index in [-0.39, 0.29) is 18.0 Å². The fourth-order valence-electron chi connectivity index (χ4n) is 1.47. The smallest absolute Gasteiger partial charge is 0.171 e. The first-order chi connectivity index (χ1) is 6.68. The Morgan fingerprint density at radius 3 is 2.21 bits per heavy atom. The predicted octanol–water partition coefficient (Wildman–Crippen LogP) is 2.79. The molecular weight excluding hydrogens is 176 g/mol. The lowest BCUT2D eigenvalue weighted by Gasteiger charge is -1.96. The molecule has 0 fully saturated rings. The van der Waals surface area contributed by atoms with Gasteiger partial charge in [0.15, 0.2) is 11.6 Å². The molecule has 1 aliphatic rings. The minimum absolute atomic E-state index is 0.0429. The monoisotopic (exact) mass is 190 g/mol. The molecular formula is C12H14O2. The van der Waals surface area contributed by atoms with Crippen molar-refractivity contribution in [2.75, 3.05) is 0 Å². The molecule has 2 nitrogen and oxygen atoms in total. The molecule has 1 aromatic carbocycles. The van der Waals surface area contributed by atoms with Crippen LogP contribution in [0.25, 0.3) is 0 Å². The van der Waals surface area contributed by atoms with Crippen molar-refractivity contribution in [2.45, 2.75) is 27.2 Å². The van der Waals surface area contributed by atoms with E-state index >= 15 is 0 Å². The van der Waals surface area contributed by atoms with E-state index in [1.54, 1.807) is 12.1 Å². The van der Waals surface area contributed by atoms with Crippen LogP contribution in [0.2, 0.25) is 0 Å². The second-order valence-corrected chi connectivity index (χ2v) is 3.07. The highest BCUT2D eigenvalue weighted by Gasteiger charge is 2.26. The van der Waals surface area contributed by atoms with Gasteiger partial charge in [-0.25, -0.2) is 0 Å². The Morgan fingerprint density at radius 1 is 1.00 bits per heavy atom. The minimum Gasteiger partial charge on any atom is -0.294 e. The van der Waals surface area contributed by atoms with E-state index in [1.165, 1.54) is 0 Å².